The van der Waals surface area contributed by atoms with E-state index in [-0.39, 0.29) is 5.84 Å². The second kappa shape index (κ2) is 1.65. The largest absolute Gasteiger partial charge is 0.440 e. The molecule has 8 heavy (non-hydrogen) atoms. The molecule has 3 N–H and O–H groups in total. The molecule has 0 spiro atoms. The Morgan fingerprint density at radius 1 is 1.88 bits per heavy atom. The molecule has 0 amide bonds. The van der Waals surface area contributed by atoms with Gasteiger partial charge >= 0.3 is 0 Å². The minimum Gasteiger partial charge on any atom is -0.440 e. The van der Waals surface area contributed by atoms with Gasteiger partial charge in [0, 0.05) is 0 Å². The van der Waals surface area contributed by atoms with Gasteiger partial charge in [-0.1, -0.05) is 0 Å². The van der Waals surface area contributed by atoms with E-state index in [2.05, 4.69) is 9.40 Å². The first-order chi connectivity index (χ1) is 3.80. The van der Waals surface area contributed by atoms with Gasteiger partial charge in [-0.3, -0.25) is 5.41 Å². The summed E-state index contributed by atoms with van der Waals surface area (Å²) in [4.78, 5) is 3.56. The highest BCUT2D eigenvalue weighted by Gasteiger charge is 1.95. The first kappa shape index (κ1) is 4.83. The van der Waals surface area contributed by atoms with Crippen LogP contribution >= 0.6 is 0 Å². The summed E-state index contributed by atoms with van der Waals surface area (Å²) in [6.07, 6.45) is 2.62. The molecule has 4 nitrogen and oxygen atoms in total. The molecule has 0 radical (unpaired) electrons. The number of nitrogens with zero attached hydrogens (tertiary/aromatic N) is 1. The Bertz CT molecular complexity index is 179. The number of rotatable bonds is 1. The fraction of sp³-hybridized carbons (Fsp3) is 0. The Morgan fingerprint density at radius 3 is 2.88 bits per heavy atom. The van der Waals surface area contributed by atoms with E-state index in [1.54, 1.807) is 0 Å². The summed E-state index contributed by atoms with van der Waals surface area (Å²) in [5.74, 6) is 0.215. The van der Waals surface area contributed by atoms with Crippen LogP contribution < -0.4 is 5.73 Å². The van der Waals surface area contributed by atoms with Gasteiger partial charge in [0.15, 0.2) is 18.0 Å². The van der Waals surface area contributed by atoms with Gasteiger partial charge in [0.05, 0.1) is 6.20 Å². The van der Waals surface area contributed by atoms with Gasteiger partial charge in [-0.25, -0.2) is 4.98 Å². The summed E-state index contributed by atoms with van der Waals surface area (Å²) in [5, 5.41) is 6.80. The van der Waals surface area contributed by atoms with Crippen molar-refractivity contribution in [3.05, 3.63) is 18.4 Å². The van der Waals surface area contributed by atoms with E-state index in [0.717, 1.165) is 0 Å². The zero-order valence-corrected chi connectivity index (χ0v) is 4.09. The molecule has 0 aromatic carbocycles. The van der Waals surface area contributed by atoms with Crippen LogP contribution in [0.3, 0.4) is 0 Å². The molecule has 1 aromatic heterocycles. The zero-order valence-electron chi connectivity index (χ0n) is 4.09. The Labute approximate surface area is 45.8 Å². The Kier molecular flexibility index (Phi) is 0.997. The van der Waals surface area contributed by atoms with Crippen molar-refractivity contribution >= 4 is 5.84 Å². The summed E-state index contributed by atoms with van der Waals surface area (Å²) in [6, 6.07) is 0. The summed E-state index contributed by atoms with van der Waals surface area (Å²) < 4.78 is 4.63. The van der Waals surface area contributed by atoms with Crippen LogP contribution in [0.1, 0.15) is 5.76 Å². The molecule has 1 heterocycles. The molecule has 1 aromatic rings. The molecular formula is C4H5N3O. The second-order valence-corrected chi connectivity index (χ2v) is 1.28. The maximum Gasteiger partial charge on any atom is 0.188 e. The molecule has 0 atom stereocenters. The fourth-order valence-electron chi connectivity index (χ4n) is 0.349. The molecule has 0 fully saturated rings. The normalized spacial score (nSPS) is 9.00. The second-order valence-electron chi connectivity index (χ2n) is 1.28. The summed E-state index contributed by atoms with van der Waals surface area (Å²) in [6.45, 7) is 0. The van der Waals surface area contributed by atoms with Crippen LogP contribution in [0.5, 0.6) is 0 Å². The number of amidine groups is 1. The lowest BCUT2D eigenvalue weighted by Gasteiger charge is -1.83. The maximum atomic E-state index is 6.80. The molecular weight excluding hydrogens is 106 g/mol. The first-order valence-corrected chi connectivity index (χ1v) is 2.03. The minimum absolute atomic E-state index is 0.0949. The van der Waals surface area contributed by atoms with E-state index >= 15 is 0 Å². The van der Waals surface area contributed by atoms with Gasteiger partial charge in [-0.2, -0.15) is 0 Å². The van der Waals surface area contributed by atoms with Crippen molar-refractivity contribution in [1.29, 1.82) is 5.41 Å². The van der Waals surface area contributed by atoms with Crippen LogP contribution in [0.15, 0.2) is 17.0 Å². The van der Waals surface area contributed by atoms with E-state index in [1.807, 2.05) is 0 Å². The van der Waals surface area contributed by atoms with Crippen molar-refractivity contribution in [1.82, 2.24) is 4.98 Å². The molecule has 0 saturated heterocycles. The third-order valence-corrected chi connectivity index (χ3v) is 0.698. The summed E-state index contributed by atoms with van der Waals surface area (Å²) in [5.41, 5.74) is 5.01. The monoisotopic (exact) mass is 111 g/mol. The van der Waals surface area contributed by atoms with E-state index in [0.29, 0.717) is 5.76 Å². The van der Waals surface area contributed by atoms with E-state index in [1.165, 1.54) is 12.6 Å². The first-order valence-electron chi connectivity index (χ1n) is 2.03. The highest BCUT2D eigenvalue weighted by molar-refractivity contribution is 5.91. The molecule has 0 bridgehead atoms. The average Bonchev–Trinajstić information content (AvgIpc) is 2.12. The lowest BCUT2D eigenvalue weighted by molar-refractivity contribution is 0.547. The number of hydrogen-bond donors (Lipinski definition) is 2. The van der Waals surface area contributed by atoms with E-state index in [9.17, 15) is 0 Å². The topological polar surface area (TPSA) is 75.9 Å². The van der Waals surface area contributed by atoms with E-state index in [4.69, 9.17) is 11.1 Å². The Morgan fingerprint density at radius 2 is 2.62 bits per heavy atom. The molecule has 0 aliphatic heterocycles. The standard InChI is InChI=1S/C4H5N3O/c5-4(6)3-1-7-2-8-3/h1-2H,(H3,5,6). The van der Waals surface area contributed by atoms with Crippen molar-refractivity contribution in [3.8, 4) is 0 Å². The predicted octanol–water partition coefficient (Wildman–Crippen LogP) is -0.0413. The number of oxazole rings is 1. The van der Waals surface area contributed by atoms with Crippen LogP contribution in [-0.2, 0) is 0 Å². The number of hydrogen-bond acceptors (Lipinski definition) is 3. The molecule has 1 rings (SSSR count). The molecule has 0 aliphatic carbocycles. The smallest absolute Gasteiger partial charge is 0.188 e. The number of nitrogen functional groups attached to an aromatic ring is 1. The molecule has 0 aliphatic rings. The molecule has 42 valence electrons. The zero-order chi connectivity index (χ0) is 5.98. The van der Waals surface area contributed by atoms with Crippen molar-refractivity contribution < 1.29 is 4.42 Å². The van der Waals surface area contributed by atoms with Crippen LogP contribution in [-0.4, -0.2) is 10.8 Å². The third kappa shape index (κ3) is 0.676. The summed E-state index contributed by atoms with van der Waals surface area (Å²) >= 11 is 0. The van der Waals surface area contributed by atoms with Gasteiger partial charge in [0.2, 0.25) is 0 Å². The number of nitrogens with one attached hydrogen (secondary N) is 1. The van der Waals surface area contributed by atoms with Crippen LogP contribution in [0.4, 0.5) is 0 Å². The molecule has 0 unspecified atom stereocenters. The highest BCUT2D eigenvalue weighted by atomic mass is 16.3. The van der Waals surface area contributed by atoms with E-state index < -0.39 is 0 Å². The average molecular weight is 111 g/mol. The van der Waals surface area contributed by atoms with Crippen LogP contribution in [0.25, 0.3) is 0 Å². The van der Waals surface area contributed by atoms with Crippen molar-refractivity contribution in [2.75, 3.05) is 0 Å². The van der Waals surface area contributed by atoms with Gasteiger partial charge in [-0.15, -0.1) is 0 Å². The number of aromatic nitrogens is 1. The minimum atomic E-state index is -0.0949. The summed E-state index contributed by atoms with van der Waals surface area (Å²) in [7, 11) is 0. The third-order valence-electron chi connectivity index (χ3n) is 0.698. The van der Waals surface area contributed by atoms with Gasteiger partial charge in [-0.05, 0) is 0 Å². The lowest BCUT2D eigenvalue weighted by atomic mass is 10.5. The molecule has 0 saturated carbocycles. The number of nitrogens with two attached hydrogens (primary N) is 1. The van der Waals surface area contributed by atoms with Gasteiger partial charge in [0.25, 0.3) is 0 Å². The van der Waals surface area contributed by atoms with Crippen molar-refractivity contribution in [2.45, 2.75) is 0 Å². The van der Waals surface area contributed by atoms with Gasteiger partial charge in [0.1, 0.15) is 0 Å². The Balaban J connectivity index is 2.93. The maximum absolute atomic E-state index is 6.80. The molecule has 4 heteroatoms. The highest BCUT2D eigenvalue weighted by Crippen LogP contribution is 1.91. The van der Waals surface area contributed by atoms with Gasteiger partial charge < -0.3 is 10.2 Å². The quantitative estimate of drug-likeness (QED) is 0.394. The van der Waals surface area contributed by atoms with Crippen molar-refractivity contribution in [3.63, 3.8) is 0 Å². The van der Waals surface area contributed by atoms with Crippen molar-refractivity contribution in [2.24, 2.45) is 5.73 Å². The van der Waals surface area contributed by atoms with Crippen LogP contribution in [0, 0.1) is 5.41 Å². The fourth-order valence-corrected chi connectivity index (χ4v) is 0.349. The lowest BCUT2D eigenvalue weighted by Crippen LogP contribution is -2.09. The van der Waals surface area contributed by atoms with Crippen LogP contribution in [0.2, 0.25) is 0 Å². The Hall–Kier alpha value is -1.32. The predicted molar refractivity (Wildman–Crippen MR) is 27.5 cm³/mol. The SMILES string of the molecule is N=C(N)c1cnco1.